The zero-order valence-corrected chi connectivity index (χ0v) is 10.2. The van der Waals surface area contributed by atoms with Gasteiger partial charge in [-0.25, -0.2) is 14.5 Å². The van der Waals surface area contributed by atoms with Gasteiger partial charge in [-0.1, -0.05) is 13.8 Å². The lowest BCUT2D eigenvalue weighted by Gasteiger charge is -2.25. The molecule has 6 nitrogen and oxygen atoms in total. The van der Waals surface area contributed by atoms with E-state index in [1.54, 1.807) is 13.0 Å². The first-order chi connectivity index (χ1) is 7.90. The molecule has 0 bridgehead atoms. The highest BCUT2D eigenvalue weighted by molar-refractivity contribution is 5.76. The van der Waals surface area contributed by atoms with Crippen LogP contribution >= 0.6 is 0 Å². The predicted molar refractivity (Wildman–Crippen MR) is 60.1 cm³/mol. The molecule has 92 valence electrons. The molecule has 0 amide bonds. The summed E-state index contributed by atoms with van der Waals surface area (Å²) in [6.07, 6.45) is 2.52. The number of carboxylic acids is 1. The van der Waals surface area contributed by atoms with Crippen LogP contribution in [0.1, 0.15) is 39.4 Å². The molecular weight excluding hydrogens is 220 g/mol. The zero-order valence-electron chi connectivity index (χ0n) is 10.2. The van der Waals surface area contributed by atoms with Gasteiger partial charge in [-0.2, -0.15) is 5.26 Å². The Balaban J connectivity index is 2.99. The van der Waals surface area contributed by atoms with Crippen molar-refractivity contribution in [3.05, 3.63) is 12.2 Å². The van der Waals surface area contributed by atoms with E-state index in [0.717, 1.165) is 6.42 Å². The number of nitriles is 1. The first-order valence-corrected chi connectivity index (χ1v) is 5.46. The molecule has 1 aromatic heterocycles. The van der Waals surface area contributed by atoms with Gasteiger partial charge >= 0.3 is 5.97 Å². The molecule has 1 unspecified atom stereocenters. The van der Waals surface area contributed by atoms with E-state index >= 15 is 0 Å². The lowest BCUT2D eigenvalue weighted by molar-refractivity contribution is -0.147. The van der Waals surface area contributed by atoms with Gasteiger partial charge in [-0.05, 0) is 25.7 Å². The van der Waals surface area contributed by atoms with E-state index in [1.165, 1.54) is 11.0 Å². The molecular formula is C11H16N4O2. The van der Waals surface area contributed by atoms with Gasteiger partial charge in [0.1, 0.15) is 12.4 Å². The normalized spacial score (nSPS) is 14.3. The Morgan fingerprint density at radius 2 is 2.35 bits per heavy atom. The highest BCUT2D eigenvalue weighted by Crippen LogP contribution is 2.24. The van der Waals surface area contributed by atoms with Crippen LogP contribution in [0.2, 0.25) is 0 Å². The number of nitrogens with zero attached hydrogens (tertiary/aromatic N) is 4. The van der Waals surface area contributed by atoms with Gasteiger partial charge in [0.25, 0.3) is 5.82 Å². The van der Waals surface area contributed by atoms with Gasteiger partial charge in [0.15, 0.2) is 5.54 Å². The maximum Gasteiger partial charge on any atom is 0.331 e. The maximum absolute atomic E-state index is 11.4. The van der Waals surface area contributed by atoms with Gasteiger partial charge in [-0.15, -0.1) is 5.10 Å². The number of carbonyl (C=O) groups is 1. The first-order valence-electron chi connectivity index (χ1n) is 5.46. The van der Waals surface area contributed by atoms with Crippen molar-refractivity contribution in [1.29, 1.82) is 5.26 Å². The summed E-state index contributed by atoms with van der Waals surface area (Å²) in [6, 6.07) is 1.79. The fourth-order valence-corrected chi connectivity index (χ4v) is 1.44. The molecule has 0 spiro atoms. The van der Waals surface area contributed by atoms with Crippen molar-refractivity contribution in [2.24, 2.45) is 5.92 Å². The summed E-state index contributed by atoms with van der Waals surface area (Å²) >= 11 is 0. The van der Waals surface area contributed by atoms with E-state index in [9.17, 15) is 9.90 Å². The molecule has 1 N–H and O–H groups in total. The second kappa shape index (κ2) is 4.95. The van der Waals surface area contributed by atoms with E-state index < -0.39 is 11.5 Å². The minimum atomic E-state index is -1.15. The summed E-state index contributed by atoms with van der Waals surface area (Å²) in [7, 11) is 0. The fraction of sp³-hybridized carbons (Fsp3) is 0.636. The van der Waals surface area contributed by atoms with Crippen LogP contribution in [0.15, 0.2) is 6.33 Å². The van der Waals surface area contributed by atoms with Crippen LogP contribution in [0.5, 0.6) is 0 Å². The summed E-state index contributed by atoms with van der Waals surface area (Å²) in [5, 5.41) is 21.8. The number of aliphatic carboxylic acids is 1. The molecule has 0 aliphatic carbocycles. The molecule has 17 heavy (non-hydrogen) atoms. The lowest BCUT2D eigenvalue weighted by atomic mass is 9.92. The average molecular weight is 236 g/mol. The Bertz CT molecular complexity index is 447. The summed E-state index contributed by atoms with van der Waals surface area (Å²) in [4.78, 5) is 15.1. The van der Waals surface area contributed by atoms with Gasteiger partial charge < -0.3 is 5.11 Å². The number of aromatic nitrogens is 3. The minimum Gasteiger partial charge on any atom is -0.479 e. The molecule has 0 saturated carbocycles. The van der Waals surface area contributed by atoms with Crippen molar-refractivity contribution in [2.75, 3.05) is 0 Å². The van der Waals surface area contributed by atoms with Gasteiger partial charge in [0.2, 0.25) is 0 Å². The molecule has 0 saturated heterocycles. The zero-order chi connectivity index (χ0) is 13.1. The number of rotatable bonds is 5. The van der Waals surface area contributed by atoms with Gasteiger partial charge in [0, 0.05) is 0 Å². The molecule has 0 fully saturated rings. The topological polar surface area (TPSA) is 91.8 Å². The van der Waals surface area contributed by atoms with Crippen LogP contribution < -0.4 is 0 Å². The molecule has 0 aromatic carbocycles. The van der Waals surface area contributed by atoms with Crippen LogP contribution in [0.25, 0.3) is 0 Å². The van der Waals surface area contributed by atoms with E-state index in [1.807, 2.05) is 13.8 Å². The van der Waals surface area contributed by atoms with Crippen LogP contribution in [-0.2, 0) is 10.3 Å². The highest BCUT2D eigenvalue weighted by atomic mass is 16.4. The first kappa shape index (κ1) is 13.2. The molecule has 6 heteroatoms. The lowest BCUT2D eigenvalue weighted by Crippen LogP contribution is -2.39. The Morgan fingerprint density at radius 3 is 2.76 bits per heavy atom. The van der Waals surface area contributed by atoms with Crippen LogP contribution in [0.3, 0.4) is 0 Å². The second-order valence-corrected chi connectivity index (χ2v) is 4.64. The third kappa shape index (κ3) is 2.81. The van der Waals surface area contributed by atoms with Gasteiger partial charge in [-0.3, -0.25) is 0 Å². The van der Waals surface area contributed by atoms with Crippen LogP contribution in [0, 0.1) is 17.2 Å². The van der Waals surface area contributed by atoms with Crippen molar-refractivity contribution in [1.82, 2.24) is 14.8 Å². The smallest absolute Gasteiger partial charge is 0.331 e. The van der Waals surface area contributed by atoms with Crippen molar-refractivity contribution in [2.45, 2.75) is 39.2 Å². The summed E-state index contributed by atoms with van der Waals surface area (Å²) < 4.78 is 1.26. The molecule has 1 aromatic rings. The molecule has 0 aliphatic heterocycles. The Hall–Kier alpha value is -1.90. The molecule has 1 heterocycles. The number of hydrogen-bond donors (Lipinski definition) is 1. The van der Waals surface area contributed by atoms with Crippen molar-refractivity contribution in [3.8, 4) is 6.07 Å². The third-order valence-corrected chi connectivity index (χ3v) is 2.77. The van der Waals surface area contributed by atoms with E-state index in [4.69, 9.17) is 5.26 Å². The largest absolute Gasteiger partial charge is 0.479 e. The molecule has 1 rings (SSSR count). The van der Waals surface area contributed by atoms with Gasteiger partial charge in [0.05, 0.1) is 0 Å². The quantitative estimate of drug-likeness (QED) is 0.833. The summed E-state index contributed by atoms with van der Waals surface area (Å²) in [6.45, 7) is 5.65. The Morgan fingerprint density at radius 1 is 1.71 bits per heavy atom. The van der Waals surface area contributed by atoms with Crippen LogP contribution in [-0.4, -0.2) is 25.8 Å². The monoisotopic (exact) mass is 236 g/mol. The Kier molecular flexibility index (Phi) is 3.84. The van der Waals surface area contributed by atoms with Crippen molar-refractivity contribution in [3.63, 3.8) is 0 Å². The predicted octanol–water partition coefficient (Wildman–Crippen LogP) is 1.39. The molecule has 0 radical (unpaired) electrons. The van der Waals surface area contributed by atoms with Crippen molar-refractivity contribution >= 4 is 5.97 Å². The standard InChI is InChI=1S/C11H16N4O2/c1-8(2)4-5-11(3,10(16)17)15-7-13-9(6-12)14-15/h7-8H,4-5H2,1-3H3,(H,16,17). The average Bonchev–Trinajstić information content (AvgIpc) is 2.74. The van der Waals surface area contributed by atoms with E-state index in [-0.39, 0.29) is 5.82 Å². The van der Waals surface area contributed by atoms with E-state index in [0.29, 0.717) is 12.3 Å². The highest BCUT2D eigenvalue weighted by Gasteiger charge is 2.36. The number of hydrogen-bond acceptors (Lipinski definition) is 4. The fourth-order valence-electron chi connectivity index (χ4n) is 1.44. The second-order valence-electron chi connectivity index (χ2n) is 4.64. The van der Waals surface area contributed by atoms with Crippen molar-refractivity contribution < 1.29 is 9.90 Å². The number of carboxylic acid groups (broad SMARTS) is 1. The summed E-state index contributed by atoms with van der Waals surface area (Å²) in [5.41, 5.74) is -1.15. The third-order valence-electron chi connectivity index (χ3n) is 2.77. The van der Waals surface area contributed by atoms with E-state index in [2.05, 4.69) is 10.1 Å². The Labute approximate surface area is 99.9 Å². The SMILES string of the molecule is CC(C)CCC(C)(C(=O)O)n1cnc(C#N)n1. The minimum absolute atomic E-state index is 0.0120. The summed E-state index contributed by atoms with van der Waals surface area (Å²) in [5.74, 6) is -0.567. The molecule has 0 aliphatic rings. The maximum atomic E-state index is 11.4. The molecule has 1 atom stereocenters. The van der Waals surface area contributed by atoms with Crippen LogP contribution in [0.4, 0.5) is 0 Å².